The van der Waals surface area contributed by atoms with Crippen molar-refractivity contribution in [1.82, 2.24) is 0 Å². The zero-order valence-corrected chi connectivity index (χ0v) is 11.4. The lowest BCUT2D eigenvalue weighted by atomic mass is 10.1. The number of anilines is 1. The molecule has 1 aliphatic carbocycles. The Bertz CT molecular complexity index is 522. The number of carbonyl (C=O) groups excluding carboxylic acids is 1. The van der Waals surface area contributed by atoms with Crippen molar-refractivity contribution in [2.45, 2.75) is 44.8 Å². The van der Waals surface area contributed by atoms with Crippen LogP contribution in [0.5, 0.6) is 0 Å². The zero-order chi connectivity index (χ0) is 14.5. The highest BCUT2D eigenvalue weighted by molar-refractivity contribution is 5.94. The molecule has 1 saturated carbocycles. The first-order valence-electron chi connectivity index (χ1n) is 6.82. The van der Waals surface area contributed by atoms with E-state index in [-0.39, 0.29) is 11.9 Å². The van der Waals surface area contributed by atoms with Gasteiger partial charge in [-0.05, 0) is 36.9 Å². The molecular formula is C14H18N4O2. The lowest BCUT2D eigenvalue weighted by Crippen LogP contribution is -2.44. The van der Waals surface area contributed by atoms with E-state index in [0.717, 1.165) is 24.9 Å². The number of carbonyl (C=O) groups is 1. The van der Waals surface area contributed by atoms with Gasteiger partial charge in [0.05, 0.1) is 12.1 Å². The molecule has 1 aliphatic rings. The molecule has 1 aromatic rings. The molecule has 0 radical (unpaired) electrons. The van der Waals surface area contributed by atoms with Gasteiger partial charge in [-0.25, -0.2) is 0 Å². The standard InChI is InChI=1S/C14H18N4O2/c1-2-14(20)18(12-4-3-5-13(12)19)11-8-6-10(7-9-11)16-17-15/h6-9,12-13,19H,2-5H2,1H3. The summed E-state index contributed by atoms with van der Waals surface area (Å²) in [5.74, 6) is -0.00696. The van der Waals surface area contributed by atoms with Crippen molar-refractivity contribution in [3.8, 4) is 0 Å². The van der Waals surface area contributed by atoms with Gasteiger partial charge in [-0.1, -0.05) is 24.2 Å². The molecule has 0 saturated heterocycles. The van der Waals surface area contributed by atoms with E-state index in [1.807, 2.05) is 6.92 Å². The minimum atomic E-state index is -0.470. The maximum Gasteiger partial charge on any atom is 0.227 e. The fraction of sp³-hybridized carbons (Fsp3) is 0.500. The Hall–Kier alpha value is -2.04. The largest absolute Gasteiger partial charge is 0.391 e. The first kappa shape index (κ1) is 14.4. The topological polar surface area (TPSA) is 89.3 Å². The first-order valence-corrected chi connectivity index (χ1v) is 6.82. The minimum Gasteiger partial charge on any atom is -0.391 e. The third kappa shape index (κ3) is 2.92. The Labute approximate surface area is 117 Å². The maximum absolute atomic E-state index is 12.2. The Balaban J connectivity index is 2.30. The quantitative estimate of drug-likeness (QED) is 0.518. The second kappa shape index (κ2) is 6.41. The van der Waals surface area contributed by atoms with Crippen molar-refractivity contribution < 1.29 is 9.90 Å². The van der Waals surface area contributed by atoms with Crippen LogP contribution in [-0.2, 0) is 4.79 Å². The highest BCUT2D eigenvalue weighted by atomic mass is 16.3. The zero-order valence-electron chi connectivity index (χ0n) is 11.4. The molecule has 2 rings (SSSR count). The Morgan fingerprint density at radius 2 is 2.15 bits per heavy atom. The molecule has 0 heterocycles. The van der Waals surface area contributed by atoms with E-state index in [1.165, 1.54) is 0 Å². The van der Waals surface area contributed by atoms with Gasteiger partial charge in [-0.3, -0.25) is 4.79 Å². The average molecular weight is 274 g/mol. The number of rotatable bonds is 4. The van der Waals surface area contributed by atoms with E-state index in [1.54, 1.807) is 29.2 Å². The van der Waals surface area contributed by atoms with Crippen molar-refractivity contribution in [1.29, 1.82) is 0 Å². The number of aliphatic hydroxyl groups excluding tert-OH is 1. The summed E-state index contributed by atoms with van der Waals surface area (Å²) in [6, 6.07) is 6.69. The summed E-state index contributed by atoms with van der Waals surface area (Å²) in [4.78, 5) is 16.6. The van der Waals surface area contributed by atoms with Crippen LogP contribution < -0.4 is 4.90 Å². The fourth-order valence-electron chi connectivity index (χ4n) is 2.64. The number of hydrogen-bond donors (Lipinski definition) is 1. The van der Waals surface area contributed by atoms with E-state index in [0.29, 0.717) is 12.1 Å². The van der Waals surface area contributed by atoms with Crippen LogP contribution in [0.2, 0.25) is 0 Å². The van der Waals surface area contributed by atoms with Crippen LogP contribution in [0.3, 0.4) is 0 Å². The summed E-state index contributed by atoms with van der Waals surface area (Å²) in [6.07, 6.45) is 2.39. The average Bonchev–Trinajstić information content (AvgIpc) is 2.87. The van der Waals surface area contributed by atoms with Gasteiger partial charge in [-0.15, -0.1) is 0 Å². The molecule has 1 aromatic carbocycles. The molecule has 1 fully saturated rings. The van der Waals surface area contributed by atoms with E-state index >= 15 is 0 Å². The highest BCUT2D eigenvalue weighted by Gasteiger charge is 2.33. The fourth-order valence-corrected chi connectivity index (χ4v) is 2.64. The Kier molecular flexibility index (Phi) is 4.61. The lowest BCUT2D eigenvalue weighted by Gasteiger charge is -2.31. The molecule has 106 valence electrons. The third-order valence-corrected chi connectivity index (χ3v) is 3.63. The summed E-state index contributed by atoms with van der Waals surface area (Å²) in [6.45, 7) is 1.81. The van der Waals surface area contributed by atoms with Gasteiger partial charge in [0.25, 0.3) is 0 Å². The second-order valence-corrected chi connectivity index (χ2v) is 4.89. The summed E-state index contributed by atoms with van der Waals surface area (Å²) in [5.41, 5.74) is 9.63. The van der Waals surface area contributed by atoms with Crippen molar-refractivity contribution >= 4 is 17.3 Å². The highest BCUT2D eigenvalue weighted by Crippen LogP contribution is 2.30. The minimum absolute atomic E-state index is 0.00696. The van der Waals surface area contributed by atoms with Crippen LogP contribution in [0.15, 0.2) is 29.4 Å². The number of hydrogen-bond acceptors (Lipinski definition) is 3. The monoisotopic (exact) mass is 274 g/mol. The van der Waals surface area contributed by atoms with Gasteiger partial charge < -0.3 is 10.0 Å². The van der Waals surface area contributed by atoms with Crippen molar-refractivity contribution in [3.05, 3.63) is 34.7 Å². The van der Waals surface area contributed by atoms with E-state index in [2.05, 4.69) is 10.0 Å². The van der Waals surface area contributed by atoms with Gasteiger partial charge in [-0.2, -0.15) is 0 Å². The molecule has 6 heteroatoms. The lowest BCUT2D eigenvalue weighted by molar-refractivity contribution is -0.119. The third-order valence-electron chi connectivity index (χ3n) is 3.63. The molecule has 1 amide bonds. The van der Waals surface area contributed by atoms with Gasteiger partial charge in [0.1, 0.15) is 0 Å². The number of nitrogens with zero attached hydrogens (tertiary/aromatic N) is 4. The molecule has 2 atom stereocenters. The first-order chi connectivity index (χ1) is 9.67. The number of benzene rings is 1. The van der Waals surface area contributed by atoms with Gasteiger partial charge in [0.2, 0.25) is 5.91 Å². The van der Waals surface area contributed by atoms with E-state index < -0.39 is 6.10 Å². The predicted molar refractivity (Wildman–Crippen MR) is 76.7 cm³/mol. The summed E-state index contributed by atoms with van der Waals surface area (Å²) in [5, 5.41) is 13.6. The number of aliphatic hydroxyl groups is 1. The van der Waals surface area contributed by atoms with Crippen molar-refractivity contribution in [2.24, 2.45) is 5.11 Å². The maximum atomic E-state index is 12.2. The van der Waals surface area contributed by atoms with Crippen LogP contribution in [0.1, 0.15) is 32.6 Å². The smallest absolute Gasteiger partial charge is 0.227 e. The van der Waals surface area contributed by atoms with Crippen molar-refractivity contribution in [2.75, 3.05) is 4.90 Å². The van der Waals surface area contributed by atoms with Crippen LogP contribution in [-0.4, -0.2) is 23.2 Å². The SMILES string of the molecule is CCC(=O)N(c1ccc(N=[N+]=[N-])cc1)C1CCCC1O. The summed E-state index contributed by atoms with van der Waals surface area (Å²) in [7, 11) is 0. The van der Waals surface area contributed by atoms with Crippen LogP contribution in [0.25, 0.3) is 10.4 Å². The number of amides is 1. The molecule has 0 aromatic heterocycles. The van der Waals surface area contributed by atoms with E-state index in [4.69, 9.17) is 5.53 Å². The molecule has 0 aliphatic heterocycles. The molecule has 0 bridgehead atoms. The normalized spacial score (nSPS) is 21.3. The Morgan fingerprint density at radius 1 is 1.45 bits per heavy atom. The van der Waals surface area contributed by atoms with Crippen molar-refractivity contribution in [3.63, 3.8) is 0 Å². The molecule has 1 N–H and O–H groups in total. The van der Waals surface area contributed by atoms with Crippen LogP contribution >= 0.6 is 0 Å². The number of azide groups is 1. The predicted octanol–water partition coefficient (Wildman–Crippen LogP) is 3.28. The summed E-state index contributed by atoms with van der Waals surface area (Å²) >= 11 is 0. The molecule has 6 nitrogen and oxygen atoms in total. The van der Waals surface area contributed by atoms with Gasteiger partial charge in [0, 0.05) is 22.7 Å². The van der Waals surface area contributed by atoms with Gasteiger partial charge >= 0.3 is 0 Å². The van der Waals surface area contributed by atoms with Crippen LogP contribution in [0.4, 0.5) is 11.4 Å². The molecule has 20 heavy (non-hydrogen) atoms. The van der Waals surface area contributed by atoms with E-state index in [9.17, 15) is 9.90 Å². The molecule has 0 spiro atoms. The summed E-state index contributed by atoms with van der Waals surface area (Å²) < 4.78 is 0. The van der Waals surface area contributed by atoms with Crippen LogP contribution in [0, 0.1) is 0 Å². The Morgan fingerprint density at radius 3 is 2.65 bits per heavy atom. The molecular weight excluding hydrogens is 256 g/mol. The second-order valence-electron chi connectivity index (χ2n) is 4.89. The molecule has 2 unspecified atom stereocenters. The van der Waals surface area contributed by atoms with Gasteiger partial charge in [0.15, 0.2) is 0 Å².